The number of amides is 1. The van der Waals surface area contributed by atoms with Crippen LogP contribution in [0.5, 0.6) is 0 Å². The highest BCUT2D eigenvalue weighted by Gasteiger charge is 2.12. The molecule has 0 fully saturated rings. The molecule has 3 nitrogen and oxygen atoms in total. The van der Waals surface area contributed by atoms with Gasteiger partial charge in [-0.15, -0.1) is 0 Å². The smallest absolute Gasteiger partial charge is 0.221 e. The van der Waals surface area contributed by atoms with E-state index in [0.717, 1.165) is 18.4 Å². The van der Waals surface area contributed by atoms with E-state index in [-0.39, 0.29) is 5.91 Å². The van der Waals surface area contributed by atoms with Crippen LogP contribution in [0.15, 0.2) is 24.3 Å². The molecule has 0 saturated carbocycles. The van der Waals surface area contributed by atoms with Crippen LogP contribution in [0.1, 0.15) is 37.8 Å². The predicted molar refractivity (Wildman–Crippen MR) is 67.5 cm³/mol. The van der Waals surface area contributed by atoms with Gasteiger partial charge >= 0.3 is 0 Å². The van der Waals surface area contributed by atoms with Crippen LogP contribution in [-0.2, 0) is 4.79 Å². The van der Waals surface area contributed by atoms with Gasteiger partial charge in [0.15, 0.2) is 0 Å². The molecule has 0 aliphatic heterocycles. The summed E-state index contributed by atoms with van der Waals surface area (Å²) in [5, 5.41) is 12.3. The Labute approximate surface area is 106 Å². The fourth-order valence-electron chi connectivity index (χ4n) is 1.42. The van der Waals surface area contributed by atoms with E-state index < -0.39 is 6.04 Å². The number of nitrogens with zero attached hydrogens (tertiary/aromatic N) is 1. The maximum Gasteiger partial charge on any atom is 0.221 e. The average Bonchev–Trinajstić information content (AvgIpc) is 2.34. The van der Waals surface area contributed by atoms with E-state index in [1.54, 1.807) is 24.3 Å². The first-order valence-electron chi connectivity index (χ1n) is 5.61. The SMILES string of the molecule is CCCCC(=O)NC(C#N)c1ccc(Cl)cc1. The van der Waals surface area contributed by atoms with Gasteiger partial charge in [0, 0.05) is 11.4 Å². The Bertz CT molecular complexity index is 408. The molecule has 0 spiro atoms. The fraction of sp³-hybridized carbons (Fsp3) is 0.385. The maximum atomic E-state index is 11.5. The monoisotopic (exact) mass is 250 g/mol. The fourth-order valence-corrected chi connectivity index (χ4v) is 1.54. The number of carbonyl (C=O) groups is 1. The van der Waals surface area contributed by atoms with Crippen LogP contribution in [0.25, 0.3) is 0 Å². The van der Waals surface area contributed by atoms with Gasteiger partial charge in [0.25, 0.3) is 0 Å². The lowest BCUT2D eigenvalue weighted by atomic mass is 10.1. The molecular formula is C13H15ClN2O. The molecule has 4 heteroatoms. The van der Waals surface area contributed by atoms with Crippen molar-refractivity contribution >= 4 is 17.5 Å². The highest BCUT2D eigenvalue weighted by Crippen LogP contribution is 2.16. The minimum atomic E-state index is -0.600. The molecule has 0 aromatic heterocycles. The van der Waals surface area contributed by atoms with Crippen molar-refractivity contribution < 1.29 is 4.79 Å². The van der Waals surface area contributed by atoms with Gasteiger partial charge < -0.3 is 5.32 Å². The zero-order valence-electron chi connectivity index (χ0n) is 9.74. The number of nitriles is 1. The number of hydrogen-bond donors (Lipinski definition) is 1. The second kappa shape index (κ2) is 6.93. The number of nitrogens with one attached hydrogen (secondary N) is 1. The minimum Gasteiger partial charge on any atom is -0.337 e. The lowest BCUT2D eigenvalue weighted by Gasteiger charge is -2.11. The summed E-state index contributed by atoms with van der Waals surface area (Å²) >= 11 is 5.76. The van der Waals surface area contributed by atoms with Crippen molar-refractivity contribution in [3.05, 3.63) is 34.9 Å². The molecule has 1 rings (SSSR count). The summed E-state index contributed by atoms with van der Waals surface area (Å²) in [5.74, 6) is -0.0895. The van der Waals surface area contributed by atoms with Crippen LogP contribution < -0.4 is 5.32 Å². The molecule has 1 aromatic carbocycles. The van der Waals surface area contributed by atoms with Crippen LogP contribution in [0.2, 0.25) is 5.02 Å². The number of hydrogen-bond acceptors (Lipinski definition) is 2. The van der Waals surface area contributed by atoms with E-state index in [0.29, 0.717) is 11.4 Å². The Kier molecular flexibility index (Phi) is 5.51. The standard InChI is InChI=1S/C13H15ClN2O/c1-2-3-4-13(17)16-12(9-15)10-5-7-11(14)8-6-10/h5-8,12H,2-4H2,1H3,(H,16,17). The highest BCUT2D eigenvalue weighted by molar-refractivity contribution is 6.30. The average molecular weight is 251 g/mol. The molecule has 0 heterocycles. The summed E-state index contributed by atoms with van der Waals surface area (Å²) in [7, 11) is 0. The lowest BCUT2D eigenvalue weighted by molar-refractivity contribution is -0.121. The Morgan fingerprint density at radius 2 is 2.12 bits per heavy atom. The van der Waals surface area contributed by atoms with Crippen molar-refractivity contribution in [2.45, 2.75) is 32.2 Å². The minimum absolute atomic E-state index is 0.0895. The molecule has 1 aromatic rings. The molecule has 0 bridgehead atoms. The third kappa shape index (κ3) is 4.46. The van der Waals surface area contributed by atoms with Gasteiger partial charge in [-0.25, -0.2) is 0 Å². The van der Waals surface area contributed by atoms with Crippen molar-refractivity contribution in [3.63, 3.8) is 0 Å². The first-order chi connectivity index (χ1) is 8.17. The van der Waals surface area contributed by atoms with Crippen LogP contribution in [0.3, 0.4) is 0 Å². The van der Waals surface area contributed by atoms with Crippen molar-refractivity contribution in [2.24, 2.45) is 0 Å². The van der Waals surface area contributed by atoms with Crippen LogP contribution >= 0.6 is 11.6 Å². The lowest BCUT2D eigenvalue weighted by Crippen LogP contribution is -2.27. The summed E-state index contributed by atoms with van der Waals surface area (Å²) in [6.07, 6.45) is 2.26. The summed E-state index contributed by atoms with van der Waals surface area (Å²) in [4.78, 5) is 11.5. The summed E-state index contributed by atoms with van der Waals surface area (Å²) < 4.78 is 0. The summed E-state index contributed by atoms with van der Waals surface area (Å²) in [6.45, 7) is 2.02. The topological polar surface area (TPSA) is 52.9 Å². The van der Waals surface area contributed by atoms with Crippen molar-refractivity contribution in [3.8, 4) is 6.07 Å². The van der Waals surface area contributed by atoms with Gasteiger partial charge in [0.1, 0.15) is 6.04 Å². The van der Waals surface area contributed by atoms with E-state index in [2.05, 4.69) is 11.4 Å². The van der Waals surface area contributed by atoms with Crippen molar-refractivity contribution in [1.82, 2.24) is 5.32 Å². The second-order valence-electron chi connectivity index (χ2n) is 3.78. The molecule has 1 unspecified atom stereocenters. The van der Waals surface area contributed by atoms with Crippen molar-refractivity contribution in [2.75, 3.05) is 0 Å². The van der Waals surface area contributed by atoms with Gasteiger partial charge in [-0.3, -0.25) is 4.79 Å². The van der Waals surface area contributed by atoms with Crippen LogP contribution in [0.4, 0.5) is 0 Å². The quantitative estimate of drug-likeness (QED) is 0.872. The Hall–Kier alpha value is -1.53. The number of halogens is 1. The van der Waals surface area contributed by atoms with Gasteiger partial charge in [-0.1, -0.05) is 37.1 Å². The summed E-state index contributed by atoms with van der Waals surface area (Å²) in [5.41, 5.74) is 0.752. The van der Waals surface area contributed by atoms with E-state index in [4.69, 9.17) is 16.9 Å². The third-order valence-corrected chi connectivity index (χ3v) is 2.65. The van der Waals surface area contributed by atoms with E-state index in [1.165, 1.54) is 0 Å². The third-order valence-electron chi connectivity index (χ3n) is 2.40. The first-order valence-corrected chi connectivity index (χ1v) is 5.99. The molecule has 1 N–H and O–H groups in total. The van der Waals surface area contributed by atoms with E-state index in [1.807, 2.05) is 6.92 Å². The van der Waals surface area contributed by atoms with Crippen molar-refractivity contribution in [1.29, 1.82) is 5.26 Å². The van der Waals surface area contributed by atoms with Crippen LogP contribution in [-0.4, -0.2) is 5.91 Å². The zero-order chi connectivity index (χ0) is 12.7. The molecule has 17 heavy (non-hydrogen) atoms. The van der Waals surface area contributed by atoms with Gasteiger partial charge in [-0.05, 0) is 24.1 Å². The molecular weight excluding hydrogens is 236 g/mol. The molecule has 1 atom stereocenters. The number of benzene rings is 1. The Morgan fingerprint density at radius 3 is 2.65 bits per heavy atom. The Morgan fingerprint density at radius 1 is 1.47 bits per heavy atom. The molecule has 0 aliphatic carbocycles. The summed E-state index contributed by atoms with van der Waals surface area (Å²) in [6, 6.07) is 8.38. The maximum absolute atomic E-state index is 11.5. The van der Waals surface area contributed by atoms with Gasteiger partial charge in [0.05, 0.1) is 6.07 Å². The molecule has 0 radical (unpaired) electrons. The molecule has 1 amide bonds. The second-order valence-corrected chi connectivity index (χ2v) is 4.22. The number of rotatable bonds is 5. The largest absolute Gasteiger partial charge is 0.337 e. The van der Waals surface area contributed by atoms with Gasteiger partial charge in [-0.2, -0.15) is 5.26 Å². The first kappa shape index (κ1) is 13.5. The molecule has 0 aliphatic rings. The molecule has 0 saturated heterocycles. The normalized spacial score (nSPS) is 11.6. The number of carbonyl (C=O) groups excluding carboxylic acids is 1. The van der Waals surface area contributed by atoms with E-state index in [9.17, 15) is 4.79 Å². The van der Waals surface area contributed by atoms with Gasteiger partial charge in [0.2, 0.25) is 5.91 Å². The highest BCUT2D eigenvalue weighted by atomic mass is 35.5. The molecule has 90 valence electrons. The Balaban J connectivity index is 2.63. The predicted octanol–water partition coefficient (Wildman–Crippen LogP) is 3.21. The number of unbranched alkanes of at least 4 members (excludes halogenated alkanes) is 1. The zero-order valence-corrected chi connectivity index (χ0v) is 10.5. The van der Waals surface area contributed by atoms with E-state index >= 15 is 0 Å². The van der Waals surface area contributed by atoms with Crippen LogP contribution in [0, 0.1) is 11.3 Å².